The van der Waals surface area contributed by atoms with Gasteiger partial charge in [-0.3, -0.25) is 9.48 Å². The number of hydrogen-bond acceptors (Lipinski definition) is 4. The monoisotopic (exact) mass is 468 g/mol. The van der Waals surface area contributed by atoms with Gasteiger partial charge in [0.2, 0.25) is 0 Å². The molecule has 4 rings (SSSR count). The van der Waals surface area contributed by atoms with Crippen LogP contribution in [0, 0.1) is 6.92 Å². The molecule has 0 fully saturated rings. The van der Waals surface area contributed by atoms with Crippen molar-refractivity contribution in [2.75, 3.05) is 6.61 Å². The number of aromatic amines is 1. The quantitative estimate of drug-likeness (QED) is 0.400. The maximum atomic E-state index is 12.9. The van der Waals surface area contributed by atoms with Gasteiger partial charge in [-0.05, 0) is 37.1 Å². The molecule has 2 aromatic heterocycles. The van der Waals surface area contributed by atoms with Crippen molar-refractivity contribution in [3.63, 3.8) is 0 Å². The molecule has 0 amide bonds. The Labute approximate surface area is 193 Å². The van der Waals surface area contributed by atoms with E-state index in [1.54, 1.807) is 6.92 Å². The number of nitrogens with zero attached hydrogens (tertiary/aromatic N) is 3. The van der Waals surface area contributed by atoms with E-state index < -0.39 is 11.7 Å². The summed E-state index contributed by atoms with van der Waals surface area (Å²) in [6.45, 7) is 8.23. The summed E-state index contributed by atoms with van der Waals surface area (Å²) in [5.41, 5.74) is 1.64. The van der Waals surface area contributed by atoms with Crippen LogP contribution in [0.15, 0.2) is 66.0 Å². The molecule has 9 heteroatoms. The molecule has 6 nitrogen and oxygen atoms in total. The van der Waals surface area contributed by atoms with Gasteiger partial charge in [0.05, 0.1) is 24.8 Å². The molecule has 176 valence electrons. The zero-order valence-corrected chi connectivity index (χ0v) is 18.7. The first-order chi connectivity index (χ1) is 16.1. The molecule has 2 heterocycles. The number of halogens is 3. The third kappa shape index (κ3) is 4.79. The van der Waals surface area contributed by atoms with E-state index >= 15 is 0 Å². The topological polar surface area (TPSA) is 72.8 Å². The summed E-state index contributed by atoms with van der Waals surface area (Å²) in [7, 11) is 0. The van der Waals surface area contributed by atoms with Crippen LogP contribution in [-0.2, 0) is 17.5 Å². The highest BCUT2D eigenvalue weighted by atomic mass is 19.4. The molecule has 0 saturated heterocycles. The van der Waals surface area contributed by atoms with Crippen molar-refractivity contribution >= 4 is 16.6 Å². The fraction of sp³-hybridized carbons (Fsp3) is 0.240. The summed E-state index contributed by atoms with van der Waals surface area (Å²) in [6.07, 6.45) is -4.44. The summed E-state index contributed by atoms with van der Waals surface area (Å²) < 4.78 is 46.2. The lowest BCUT2D eigenvalue weighted by atomic mass is 10.0. The van der Waals surface area contributed by atoms with Crippen LogP contribution in [0.3, 0.4) is 0 Å². The molecule has 0 saturated carbocycles. The van der Waals surface area contributed by atoms with Crippen molar-refractivity contribution < 1.29 is 17.9 Å². The minimum absolute atomic E-state index is 0.254. The molecule has 34 heavy (non-hydrogen) atoms. The Hall–Kier alpha value is -3.72. The zero-order chi connectivity index (χ0) is 24.5. The molecule has 0 bridgehead atoms. The first kappa shape index (κ1) is 23.4. The maximum absolute atomic E-state index is 12.9. The maximum Gasteiger partial charge on any atom is 0.416 e. The third-order valence-electron chi connectivity index (χ3n) is 5.41. The number of aryl methyl sites for hydroxylation is 1. The van der Waals surface area contributed by atoms with E-state index in [9.17, 15) is 18.0 Å². The van der Waals surface area contributed by atoms with E-state index in [0.29, 0.717) is 34.8 Å². The van der Waals surface area contributed by atoms with Crippen LogP contribution in [0.5, 0.6) is 0 Å². The van der Waals surface area contributed by atoms with Gasteiger partial charge >= 0.3 is 6.18 Å². The van der Waals surface area contributed by atoms with Gasteiger partial charge in [0.15, 0.2) is 5.52 Å². The van der Waals surface area contributed by atoms with Crippen LogP contribution in [0.4, 0.5) is 13.2 Å². The summed E-state index contributed by atoms with van der Waals surface area (Å²) in [6, 6.07) is 14.0. The number of ether oxygens (including phenoxy) is 1. The predicted octanol–water partition coefficient (Wildman–Crippen LogP) is 5.29. The van der Waals surface area contributed by atoms with Gasteiger partial charge in [0.1, 0.15) is 17.0 Å². The van der Waals surface area contributed by atoms with Crippen molar-refractivity contribution in [1.29, 1.82) is 0 Å². The fourth-order valence-corrected chi connectivity index (χ4v) is 3.67. The molecule has 0 spiro atoms. The van der Waals surface area contributed by atoms with Crippen LogP contribution in [0.25, 0.3) is 16.6 Å². The van der Waals surface area contributed by atoms with E-state index in [1.165, 1.54) is 16.8 Å². The highest BCUT2D eigenvalue weighted by molar-refractivity contribution is 5.91. The van der Waals surface area contributed by atoms with E-state index in [2.05, 4.69) is 21.6 Å². The highest BCUT2D eigenvalue weighted by Crippen LogP contribution is 2.32. The first-order valence-corrected chi connectivity index (χ1v) is 10.6. The second kappa shape index (κ2) is 9.26. The zero-order valence-electron chi connectivity index (χ0n) is 18.7. The fourth-order valence-electron chi connectivity index (χ4n) is 3.67. The molecule has 2 aromatic carbocycles. The normalized spacial score (nSPS) is 12.7. The van der Waals surface area contributed by atoms with E-state index in [4.69, 9.17) is 4.74 Å². The first-order valence-electron chi connectivity index (χ1n) is 10.6. The lowest BCUT2D eigenvalue weighted by Crippen LogP contribution is -2.19. The van der Waals surface area contributed by atoms with Crippen LogP contribution in [-0.4, -0.2) is 26.4 Å². The van der Waals surface area contributed by atoms with Gasteiger partial charge in [0, 0.05) is 5.57 Å². The molecule has 0 radical (unpaired) electrons. The van der Waals surface area contributed by atoms with Gasteiger partial charge in [-0.15, -0.1) is 0 Å². The molecule has 1 atom stereocenters. The number of aromatic nitrogens is 4. The smallest absolute Gasteiger partial charge is 0.375 e. The summed E-state index contributed by atoms with van der Waals surface area (Å²) in [4.78, 5) is 19.9. The summed E-state index contributed by atoms with van der Waals surface area (Å²) in [5, 5.41) is 4.60. The molecule has 4 aromatic rings. The number of benzene rings is 2. The lowest BCUT2D eigenvalue weighted by molar-refractivity contribution is -0.137. The number of fused-ring (bicyclic) bond motifs is 1. The number of hydrogen-bond donors (Lipinski definition) is 1. The van der Waals surface area contributed by atoms with Crippen LogP contribution >= 0.6 is 0 Å². The Kier molecular flexibility index (Phi) is 6.39. The Bertz CT molecular complexity index is 1370. The van der Waals surface area contributed by atoms with Gasteiger partial charge in [-0.25, -0.2) is 4.98 Å². The Morgan fingerprint density at radius 2 is 1.82 bits per heavy atom. The minimum Gasteiger partial charge on any atom is -0.375 e. The molecular formula is C25H23F3N4O2. The minimum atomic E-state index is -4.44. The van der Waals surface area contributed by atoms with Crippen molar-refractivity contribution in [1.82, 2.24) is 19.7 Å². The average Bonchev–Trinajstić information content (AvgIpc) is 3.18. The van der Waals surface area contributed by atoms with Crippen molar-refractivity contribution in [3.05, 3.63) is 99.7 Å². The summed E-state index contributed by atoms with van der Waals surface area (Å²) in [5.74, 6) is 0.395. The summed E-state index contributed by atoms with van der Waals surface area (Å²) >= 11 is 0. The SMILES string of the molecule is C=C(c1ccc(C(F)(F)F)cc1)c1nn(C(C)COCc2ccccc2)c2c(=O)[nH]c(C)nc12. The molecule has 1 N–H and O–H groups in total. The molecule has 0 aliphatic carbocycles. The van der Waals surface area contributed by atoms with E-state index in [-0.39, 0.29) is 23.7 Å². The number of nitrogens with one attached hydrogen (secondary N) is 1. The molecular weight excluding hydrogens is 445 g/mol. The van der Waals surface area contributed by atoms with E-state index in [0.717, 1.165) is 17.7 Å². The Morgan fingerprint density at radius 3 is 2.47 bits per heavy atom. The van der Waals surface area contributed by atoms with Gasteiger partial charge in [-0.2, -0.15) is 18.3 Å². The number of H-pyrrole nitrogens is 1. The molecule has 1 unspecified atom stereocenters. The Morgan fingerprint density at radius 1 is 1.15 bits per heavy atom. The van der Waals surface area contributed by atoms with Crippen molar-refractivity contribution in [2.45, 2.75) is 32.7 Å². The highest BCUT2D eigenvalue weighted by Gasteiger charge is 2.30. The van der Waals surface area contributed by atoms with Crippen LogP contribution in [0.2, 0.25) is 0 Å². The molecule has 0 aliphatic heterocycles. The predicted molar refractivity (Wildman–Crippen MR) is 123 cm³/mol. The second-order valence-corrected chi connectivity index (χ2v) is 8.05. The van der Waals surface area contributed by atoms with Crippen molar-refractivity contribution in [2.24, 2.45) is 0 Å². The van der Waals surface area contributed by atoms with Gasteiger partial charge in [0.25, 0.3) is 5.56 Å². The Balaban J connectivity index is 1.66. The number of rotatable bonds is 7. The largest absolute Gasteiger partial charge is 0.416 e. The van der Waals surface area contributed by atoms with Gasteiger partial charge in [-0.1, -0.05) is 49.0 Å². The third-order valence-corrected chi connectivity index (χ3v) is 5.41. The second-order valence-electron chi connectivity index (χ2n) is 8.05. The number of alkyl halides is 3. The molecule has 0 aliphatic rings. The van der Waals surface area contributed by atoms with E-state index in [1.807, 2.05) is 37.3 Å². The van der Waals surface area contributed by atoms with Crippen molar-refractivity contribution in [3.8, 4) is 0 Å². The van der Waals surface area contributed by atoms with Crippen LogP contribution < -0.4 is 5.56 Å². The average molecular weight is 468 g/mol. The lowest BCUT2D eigenvalue weighted by Gasteiger charge is -2.14. The van der Waals surface area contributed by atoms with Gasteiger partial charge < -0.3 is 9.72 Å². The standard InChI is InChI=1S/C25H23F3N4O2/c1-15(13-34-14-18-7-5-4-6-8-18)32-23-22(29-17(3)30-24(23)33)21(31-32)16(2)19-9-11-20(12-10-19)25(26,27)28/h4-12,15H,2,13-14H2,1,3H3,(H,29,30,33). The van der Waals surface area contributed by atoms with Crippen LogP contribution in [0.1, 0.15) is 41.2 Å².